The fraction of sp³-hybridized carbons (Fsp3) is 0.458. The molecule has 2 fully saturated rings. The van der Waals surface area contributed by atoms with Crippen molar-refractivity contribution in [2.45, 2.75) is 57.0 Å². The van der Waals surface area contributed by atoms with Crippen molar-refractivity contribution < 1.29 is 19.0 Å². The van der Waals surface area contributed by atoms with Crippen LogP contribution in [0, 0.1) is 11.7 Å². The molecule has 3 aromatic rings. The topological polar surface area (TPSA) is 89.1 Å². The highest BCUT2D eigenvalue weighted by molar-refractivity contribution is 5.70. The molecule has 3 unspecified atom stereocenters. The smallest absolute Gasteiger partial charge is 0.350 e. The number of hydrogen-bond acceptors (Lipinski definition) is 5. The van der Waals surface area contributed by atoms with Crippen molar-refractivity contribution in [2.75, 3.05) is 6.54 Å². The van der Waals surface area contributed by atoms with Gasteiger partial charge in [0.25, 0.3) is 0 Å². The lowest BCUT2D eigenvalue weighted by Gasteiger charge is -2.39. The van der Waals surface area contributed by atoms with Crippen molar-refractivity contribution in [1.29, 1.82) is 0 Å². The van der Waals surface area contributed by atoms with Gasteiger partial charge in [0.05, 0.1) is 25.2 Å². The number of nitrogens with zero attached hydrogens (tertiary/aromatic N) is 4. The van der Waals surface area contributed by atoms with Gasteiger partial charge in [-0.15, -0.1) is 5.10 Å². The Hall–Kier alpha value is -3.04. The van der Waals surface area contributed by atoms with Crippen molar-refractivity contribution in [3.8, 4) is 0 Å². The van der Waals surface area contributed by atoms with Crippen molar-refractivity contribution in [2.24, 2.45) is 5.92 Å². The van der Waals surface area contributed by atoms with E-state index in [1.54, 1.807) is 42.6 Å². The van der Waals surface area contributed by atoms with E-state index >= 15 is 0 Å². The summed E-state index contributed by atoms with van der Waals surface area (Å²) in [6.07, 6.45) is 5.23. The zero-order valence-corrected chi connectivity index (χ0v) is 18.2. The van der Waals surface area contributed by atoms with E-state index in [-0.39, 0.29) is 42.8 Å². The molecular weight excluding hydrogens is 427 g/mol. The van der Waals surface area contributed by atoms with Gasteiger partial charge in [0.2, 0.25) is 0 Å². The van der Waals surface area contributed by atoms with E-state index in [2.05, 4.69) is 10.00 Å². The van der Waals surface area contributed by atoms with Crippen LogP contribution in [0.1, 0.15) is 31.2 Å². The molecular formula is C24H27FN4O4. The summed E-state index contributed by atoms with van der Waals surface area (Å²) >= 11 is 0. The Morgan fingerprint density at radius 3 is 2.55 bits per heavy atom. The number of benzene rings is 1. The monoisotopic (exact) mass is 454 g/mol. The molecule has 4 heterocycles. The van der Waals surface area contributed by atoms with E-state index in [1.807, 2.05) is 0 Å². The maximum Gasteiger partial charge on any atom is 0.350 e. The third-order valence-corrected chi connectivity index (χ3v) is 6.94. The molecule has 3 atom stereocenters. The summed E-state index contributed by atoms with van der Waals surface area (Å²) in [5, 5.41) is 14.2. The molecule has 1 aromatic carbocycles. The Balaban J connectivity index is 1.24. The molecule has 0 radical (unpaired) electrons. The molecule has 2 aromatic heterocycles. The SMILES string of the molecule is O=C(O)C(CN1C2CCC1CC(OCc1ccccc1F)C2)Cn1nc2ccccn2c1=O. The second-order valence-electron chi connectivity index (χ2n) is 9.01. The Morgan fingerprint density at radius 2 is 1.85 bits per heavy atom. The van der Waals surface area contributed by atoms with Gasteiger partial charge in [-0.25, -0.2) is 13.9 Å². The van der Waals surface area contributed by atoms with E-state index in [1.165, 1.54) is 15.1 Å². The molecule has 9 heteroatoms. The lowest BCUT2D eigenvalue weighted by molar-refractivity contribution is -0.143. The van der Waals surface area contributed by atoms with Crippen LogP contribution in [0.2, 0.25) is 0 Å². The van der Waals surface area contributed by atoms with E-state index in [9.17, 15) is 19.1 Å². The Morgan fingerprint density at radius 1 is 1.12 bits per heavy atom. The predicted octanol–water partition coefficient (Wildman–Crippen LogP) is 2.55. The van der Waals surface area contributed by atoms with Gasteiger partial charge in [0.1, 0.15) is 5.82 Å². The third kappa shape index (κ3) is 4.43. The number of carboxylic acids is 1. The second-order valence-corrected chi connectivity index (χ2v) is 9.01. The van der Waals surface area contributed by atoms with Crippen LogP contribution in [-0.2, 0) is 22.7 Å². The molecule has 0 spiro atoms. The van der Waals surface area contributed by atoms with Gasteiger partial charge in [0, 0.05) is 30.4 Å². The lowest BCUT2D eigenvalue weighted by atomic mass is 9.97. The molecule has 0 saturated carbocycles. The van der Waals surface area contributed by atoms with Crippen LogP contribution in [0.15, 0.2) is 53.5 Å². The number of piperidine rings is 1. The van der Waals surface area contributed by atoms with Gasteiger partial charge >= 0.3 is 11.7 Å². The van der Waals surface area contributed by atoms with Crippen LogP contribution in [0.4, 0.5) is 4.39 Å². The van der Waals surface area contributed by atoms with Crippen molar-refractivity contribution >= 4 is 11.6 Å². The zero-order valence-electron chi connectivity index (χ0n) is 18.2. The Labute approximate surface area is 190 Å². The summed E-state index contributed by atoms with van der Waals surface area (Å²) in [5.41, 5.74) is 0.718. The van der Waals surface area contributed by atoms with Crippen LogP contribution >= 0.6 is 0 Å². The van der Waals surface area contributed by atoms with Crippen LogP contribution < -0.4 is 5.69 Å². The molecule has 8 nitrogen and oxygen atoms in total. The number of hydrogen-bond donors (Lipinski definition) is 1. The van der Waals surface area contributed by atoms with Gasteiger partial charge in [-0.2, -0.15) is 0 Å². The number of fused-ring (bicyclic) bond motifs is 3. The number of halogens is 1. The van der Waals surface area contributed by atoms with Crippen molar-refractivity contribution in [3.05, 3.63) is 70.5 Å². The summed E-state index contributed by atoms with van der Waals surface area (Å²) < 4.78 is 22.6. The van der Waals surface area contributed by atoms with E-state index < -0.39 is 11.9 Å². The number of rotatable bonds is 8. The van der Waals surface area contributed by atoms with Crippen molar-refractivity contribution in [3.63, 3.8) is 0 Å². The van der Waals surface area contributed by atoms with E-state index in [4.69, 9.17) is 4.74 Å². The molecule has 33 heavy (non-hydrogen) atoms. The molecule has 1 N–H and O–H groups in total. The molecule has 2 saturated heterocycles. The molecule has 5 rings (SSSR count). The van der Waals surface area contributed by atoms with Gasteiger partial charge in [0.15, 0.2) is 5.65 Å². The summed E-state index contributed by atoms with van der Waals surface area (Å²) in [5.74, 6) is -1.94. The molecule has 2 aliphatic heterocycles. The second kappa shape index (κ2) is 9.07. The fourth-order valence-electron chi connectivity index (χ4n) is 5.25. The minimum absolute atomic E-state index is 0.0268. The van der Waals surface area contributed by atoms with Gasteiger partial charge in [-0.1, -0.05) is 24.3 Å². The van der Waals surface area contributed by atoms with E-state index in [0.717, 1.165) is 25.7 Å². The summed E-state index contributed by atoms with van der Waals surface area (Å²) in [6.45, 7) is 0.634. The highest BCUT2D eigenvalue weighted by Gasteiger charge is 2.42. The molecule has 174 valence electrons. The summed E-state index contributed by atoms with van der Waals surface area (Å²) in [4.78, 5) is 26.9. The summed E-state index contributed by atoms with van der Waals surface area (Å²) in [6, 6.07) is 12.3. The first-order valence-corrected chi connectivity index (χ1v) is 11.4. The van der Waals surface area contributed by atoms with Crippen molar-refractivity contribution in [1.82, 2.24) is 19.1 Å². The largest absolute Gasteiger partial charge is 0.481 e. The Kier molecular flexibility index (Phi) is 5.99. The first kappa shape index (κ1) is 21.8. The predicted molar refractivity (Wildman–Crippen MR) is 118 cm³/mol. The molecule has 0 amide bonds. The average Bonchev–Trinajstić information content (AvgIpc) is 3.24. The molecule has 2 bridgehead atoms. The first-order valence-electron chi connectivity index (χ1n) is 11.4. The minimum atomic E-state index is -0.934. The normalized spacial score (nSPS) is 23.7. The number of aliphatic carboxylic acids is 1. The first-order chi connectivity index (χ1) is 16.0. The average molecular weight is 455 g/mol. The lowest BCUT2D eigenvalue weighted by Crippen LogP contribution is -2.49. The fourth-order valence-corrected chi connectivity index (χ4v) is 5.25. The maximum atomic E-state index is 13.9. The molecule has 2 aliphatic rings. The summed E-state index contributed by atoms with van der Waals surface area (Å²) in [7, 11) is 0. The third-order valence-electron chi connectivity index (χ3n) is 6.94. The Bertz CT molecular complexity index is 1190. The quantitative estimate of drug-likeness (QED) is 0.563. The maximum absolute atomic E-state index is 13.9. The standard InChI is InChI=1S/C24H27FN4O4/c25-21-6-2-1-5-16(21)15-33-20-11-18-8-9-19(12-20)28(18)13-17(23(30)31)14-29-24(32)27-10-4-3-7-22(27)26-29/h1-7,10,17-20H,8-9,11-15H2,(H,30,31). The number of carbonyl (C=O) groups is 1. The van der Waals surface area contributed by atoms with Crippen LogP contribution in [-0.4, -0.2) is 54.9 Å². The molecule has 0 aliphatic carbocycles. The number of carboxylic acid groups (broad SMARTS) is 1. The zero-order chi connectivity index (χ0) is 22.9. The number of aromatic nitrogens is 3. The minimum Gasteiger partial charge on any atom is -0.481 e. The van der Waals surface area contributed by atoms with Crippen LogP contribution in [0.25, 0.3) is 5.65 Å². The van der Waals surface area contributed by atoms with Gasteiger partial charge < -0.3 is 9.84 Å². The van der Waals surface area contributed by atoms with E-state index in [0.29, 0.717) is 17.8 Å². The van der Waals surface area contributed by atoms with Gasteiger partial charge in [-0.3, -0.25) is 14.1 Å². The van der Waals surface area contributed by atoms with Crippen LogP contribution in [0.5, 0.6) is 0 Å². The van der Waals surface area contributed by atoms with Gasteiger partial charge in [-0.05, 0) is 43.9 Å². The number of pyridine rings is 1. The van der Waals surface area contributed by atoms with Crippen LogP contribution in [0.3, 0.4) is 0 Å². The highest BCUT2D eigenvalue weighted by Crippen LogP contribution is 2.37. The highest BCUT2D eigenvalue weighted by atomic mass is 19.1. The number of ether oxygens (including phenoxy) is 1.